The number of rotatable bonds is 10. The lowest BCUT2D eigenvalue weighted by Crippen LogP contribution is -2.43. The third-order valence-electron chi connectivity index (χ3n) is 4.05. The van der Waals surface area contributed by atoms with Crippen molar-refractivity contribution in [2.24, 2.45) is 10.9 Å². The Balaban J connectivity index is 0.00000364. The van der Waals surface area contributed by atoms with Crippen LogP contribution in [0, 0.1) is 5.92 Å². The van der Waals surface area contributed by atoms with E-state index in [9.17, 15) is 4.79 Å². The molecule has 1 aromatic rings. The first-order valence-corrected chi connectivity index (χ1v) is 9.88. The van der Waals surface area contributed by atoms with E-state index in [4.69, 9.17) is 4.74 Å². The molecule has 8 heteroatoms. The van der Waals surface area contributed by atoms with Gasteiger partial charge < -0.3 is 20.3 Å². The molecule has 152 valence electrons. The molecular formula is C19H30BrIN4O2. The summed E-state index contributed by atoms with van der Waals surface area (Å²) in [7, 11) is 3.49. The number of nitrogens with zero attached hydrogens (tertiary/aromatic N) is 2. The molecule has 0 atom stereocenters. The Morgan fingerprint density at radius 1 is 1.26 bits per heavy atom. The van der Waals surface area contributed by atoms with Crippen molar-refractivity contribution in [3.8, 4) is 0 Å². The summed E-state index contributed by atoms with van der Waals surface area (Å²) in [4.78, 5) is 17.9. The monoisotopic (exact) mass is 552 g/mol. The van der Waals surface area contributed by atoms with Crippen LogP contribution in [0.5, 0.6) is 0 Å². The molecular weight excluding hydrogens is 523 g/mol. The van der Waals surface area contributed by atoms with Gasteiger partial charge in [-0.1, -0.05) is 28.1 Å². The van der Waals surface area contributed by atoms with Crippen molar-refractivity contribution >= 4 is 51.8 Å². The molecule has 0 spiro atoms. The van der Waals surface area contributed by atoms with Gasteiger partial charge in [0.15, 0.2) is 5.96 Å². The molecule has 0 aliphatic heterocycles. The standard InChI is InChI=1S/C19H29BrN4O2.HI/c1-24(2)18(25)13-23-19(21-10-3-11-26-14-16-4-5-16)22-12-15-6-8-17(20)9-7-15;/h6-9,16H,3-5,10-14H2,1-2H3,(H2,21,22,23);1H. The maximum absolute atomic E-state index is 11.8. The van der Waals surface area contributed by atoms with Crippen molar-refractivity contribution in [3.63, 3.8) is 0 Å². The Morgan fingerprint density at radius 2 is 1.96 bits per heavy atom. The van der Waals surface area contributed by atoms with Gasteiger partial charge in [-0.05, 0) is 42.9 Å². The van der Waals surface area contributed by atoms with Gasteiger partial charge in [0.05, 0.1) is 13.1 Å². The highest BCUT2D eigenvalue weighted by Gasteiger charge is 2.20. The van der Waals surface area contributed by atoms with Crippen molar-refractivity contribution in [1.29, 1.82) is 0 Å². The Kier molecular flexibility index (Phi) is 11.9. The molecule has 6 nitrogen and oxygen atoms in total. The van der Waals surface area contributed by atoms with Gasteiger partial charge in [0.25, 0.3) is 0 Å². The van der Waals surface area contributed by atoms with Crippen molar-refractivity contribution in [2.45, 2.75) is 25.8 Å². The average molecular weight is 553 g/mol. The lowest BCUT2D eigenvalue weighted by molar-refractivity contribution is -0.127. The molecule has 1 fully saturated rings. The molecule has 1 aliphatic carbocycles. The van der Waals surface area contributed by atoms with Crippen LogP contribution in [0.2, 0.25) is 0 Å². The number of guanidine groups is 1. The number of hydrogen-bond acceptors (Lipinski definition) is 3. The normalized spacial score (nSPS) is 13.7. The molecule has 1 aliphatic rings. The lowest BCUT2D eigenvalue weighted by atomic mass is 10.2. The third kappa shape index (κ3) is 10.9. The summed E-state index contributed by atoms with van der Waals surface area (Å²) in [6.07, 6.45) is 3.54. The fourth-order valence-electron chi connectivity index (χ4n) is 2.17. The molecule has 2 N–H and O–H groups in total. The first-order valence-electron chi connectivity index (χ1n) is 9.09. The predicted octanol–water partition coefficient (Wildman–Crippen LogP) is 3.01. The number of ether oxygens (including phenoxy) is 1. The zero-order valence-corrected chi connectivity index (χ0v) is 20.0. The van der Waals surface area contributed by atoms with Crippen molar-refractivity contribution in [3.05, 3.63) is 34.3 Å². The third-order valence-corrected chi connectivity index (χ3v) is 4.58. The van der Waals surface area contributed by atoms with Crippen LogP contribution in [0.3, 0.4) is 0 Å². The molecule has 1 amide bonds. The van der Waals surface area contributed by atoms with Crippen LogP contribution in [-0.2, 0) is 16.1 Å². The molecule has 0 unspecified atom stereocenters. The number of halogens is 2. The fraction of sp³-hybridized carbons (Fsp3) is 0.579. The number of carbonyl (C=O) groups excluding carboxylic acids is 1. The van der Waals surface area contributed by atoms with E-state index in [2.05, 4.69) is 31.6 Å². The van der Waals surface area contributed by atoms with Crippen molar-refractivity contribution in [2.75, 3.05) is 40.4 Å². The van der Waals surface area contributed by atoms with Gasteiger partial charge in [0.1, 0.15) is 0 Å². The molecule has 2 rings (SSSR count). The van der Waals surface area contributed by atoms with Gasteiger partial charge in [0, 0.05) is 38.3 Å². The Labute approximate surface area is 187 Å². The molecule has 0 radical (unpaired) electrons. The van der Waals surface area contributed by atoms with Crippen molar-refractivity contribution < 1.29 is 9.53 Å². The molecule has 27 heavy (non-hydrogen) atoms. The maximum atomic E-state index is 11.8. The quantitative estimate of drug-likeness (QED) is 0.203. The van der Waals surface area contributed by atoms with Gasteiger partial charge in [-0.3, -0.25) is 4.79 Å². The zero-order chi connectivity index (χ0) is 18.8. The highest BCUT2D eigenvalue weighted by molar-refractivity contribution is 14.0. The number of likely N-dealkylation sites (N-methyl/N-ethyl adjacent to an activating group) is 1. The van der Waals surface area contributed by atoms with E-state index in [1.54, 1.807) is 19.0 Å². The molecule has 1 saturated carbocycles. The fourth-order valence-corrected chi connectivity index (χ4v) is 2.43. The Hall–Kier alpha value is -0.870. The Bertz CT molecular complexity index is 592. The number of nitrogens with one attached hydrogen (secondary N) is 2. The van der Waals surface area contributed by atoms with Crippen LogP contribution in [-0.4, -0.2) is 57.2 Å². The van der Waals surface area contributed by atoms with E-state index in [-0.39, 0.29) is 36.4 Å². The number of amides is 1. The van der Waals surface area contributed by atoms with Crippen LogP contribution in [0.25, 0.3) is 0 Å². The largest absolute Gasteiger partial charge is 0.381 e. The second-order valence-corrected chi connectivity index (χ2v) is 7.65. The molecule has 1 aromatic carbocycles. The predicted molar refractivity (Wildman–Crippen MR) is 124 cm³/mol. The van der Waals surface area contributed by atoms with E-state index in [0.29, 0.717) is 12.5 Å². The van der Waals surface area contributed by atoms with E-state index in [0.717, 1.165) is 42.1 Å². The molecule has 0 bridgehead atoms. The van der Waals surface area contributed by atoms with Gasteiger partial charge in [0.2, 0.25) is 5.91 Å². The SMILES string of the molecule is CN(C)C(=O)CNC(=NCc1ccc(Br)cc1)NCCCOCC1CC1.I. The number of benzene rings is 1. The summed E-state index contributed by atoms with van der Waals surface area (Å²) in [6, 6.07) is 8.06. The smallest absolute Gasteiger partial charge is 0.241 e. The van der Waals surface area contributed by atoms with Gasteiger partial charge in [-0.15, -0.1) is 24.0 Å². The highest BCUT2D eigenvalue weighted by Crippen LogP contribution is 2.28. The second kappa shape index (κ2) is 13.3. The first-order chi connectivity index (χ1) is 12.5. The Morgan fingerprint density at radius 3 is 2.59 bits per heavy atom. The molecule has 0 saturated heterocycles. The van der Waals surface area contributed by atoms with Gasteiger partial charge >= 0.3 is 0 Å². The van der Waals surface area contributed by atoms with Crippen LogP contribution < -0.4 is 10.6 Å². The van der Waals surface area contributed by atoms with Crippen molar-refractivity contribution in [1.82, 2.24) is 15.5 Å². The number of carbonyl (C=O) groups is 1. The van der Waals surface area contributed by atoms with E-state index in [1.807, 2.05) is 24.3 Å². The van der Waals surface area contributed by atoms with E-state index in [1.165, 1.54) is 12.8 Å². The number of hydrogen-bond donors (Lipinski definition) is 2. The van der Waals surface area contributed by atoms with E-state index >= 15 is 0 Å². The second-order valence-electron chi connectivity index (χ2n) is 6.73. The molecule has 0 heterocycles. The topological polar surface area (TPSA) is 66.0 Å². The summed E-state index contributed by atoms with van der Waals surface area (Å²) in [6.45, 7) is 3.17. The minimum atomic E-state index is 0. The summed E-state index contributed by atoms with van der Waals surface area (Å²) >= 11 is 3.43. The minimum Gasteiger partial charge on any atom is -0.381 e. The van der Waals surface area contributed by atoms with Gasteiger partial charge in [-0.25, -0.2) is 4.99 Å². The molecule has 0 aromatic heterocycles. The summed E-state index contributed by atoms with van der Waals surface area (Å²) in [5, 5.41) is 6.38. The lowest BCUT2D eigenvalue weighted by Gasteiger charge is -2.15. The number of aliphatic imine (C=N–C) groups is 1. The maximum Gasteiger partial charge on any atom is 0.241 e. The van der Waals surface area contributed by atoms with E-state index < -0.39 is 0 Å². The summed E-state index contributed by atoms with van der Waals surface area (Å²) in [5.41, 5.74) is 1.11. The first kappa shape index (κ1) is 24.2. The zero-order valence-electron chi connectivity index (χ0n) is 16.0. The summed E-state index contributed by atoms with van der Waals surface area (Å²) in [5.74, 6) is 1.45. The van der Waals surface area contributed by atoms with Crippen LogP contribution in [0.4, 0.5) is 0 Å². The van der Waals surface area contributed by atoms with Crippen LogP contribution >= 0.6 is 39.9 Å². The summed E-state index contributed by atoms with van der Waals surface area (Å²) < 4.78 is 6.69. The van der Waals surface area contributed by atoms with Crippen LogP contribution in [0.1, 0.15) is 24.8 Å². The van der Waals surface area contributed by atoms with Crippen LogP contribution in [0.15, 0.2) is 33.7 Å². The average Bonchev–Trinajstić information content (AvgIpc) is 3.44. The van der Waals surface area contributed by atoms with Gasteiger partial charge in [-0.2, -0.15) is 0 Å². The highest BCUT2D eigenvalue weighted by atomic mass is 127. The minimum absolute atomic E-state index is 0.